The van der Waals surface area contributed by atoms with E-state index < -0.39 is 30.3 Å². The number of Topliss-reactive ketones (excluding diaryl/α,β-unsaturated/α-hetero) is 1. The number of pyridine rings is 1. The maximum atomic E-state index is 13.6. The van der Waals surface area contributed by atoms with Crippen LogP contribution in [0.4, 0.5) is 4.39 Å². The molecule has 0 spiro atoms. The molecule has 24 nitrogen and oxygen atoms in total. The van der Waals surface area contributed by atoms with Crippen LogP contribution in [0.25, 0.3) is 0 Å². The molecule has 1 heterocycles. The van der Waals surface area contributed by atoms with Crippen LogP contribution in [0.2, 0.25) is 10.0 Å². The molecule has 0 aliphatic heterocycles. The topological polar surface area (TPSA) is 287 Å². The second-order valence-electron chi connectivity index (χ2n) is 19.0. The van der Waals surface area contributed by atoms with Crippen molar-refractivity contribution in [2.75, 3.05) is 178 Å². The molecule has 0 aliphatic rings. The number of benzene rings is 2. The number of nitrogens with zero attached hydrogens (tertiary/aromatic N) is 2. The normalized spacial score (nSPS) is 12.1. The number of aliphatic carboxylic acids is 1. The highest BCUT2D eigenvalue weighted by molar-refractivity contribution is 6.34. The van der Waals surface area contributed by atoms with Crippen LogP contribution in [-0.2, 0) is 92.1 Å². The summed E-state index contributed by atoms with van der Waals surface area (Å²) >= 11 is 12.3. The minimum Gasteiger partial charge on any atom is -0.481 e. The van der Waals surface area contributed by atoms with E-state index in [-0.39, 0.29) is 85.7 Å². The maximum absolute atomic E-state index is 13.6. The molecule has 0 bridgehead atoms. The van der Waals surface area contributed by atoms with E-state index >= 15 is 0 Å². The molecule has 2 unspecified atom stereocenters. The van der Waals surface area contributed by atoms with E-state index in [9.17, 15) is 33.5 Å². The summed E-state index contributed by atoms with van der Waals surface area (Å²) in [5.41, 5.74) is 2.02. The number of carboxylic acids is 1. The van der Waals surface area contributed by atoms with Crippen LogP contribution in [0, 0.1) is 11.7 Å². The monoisotopic (exact) mass is 1270 g/mol. The molecule has 27 heteroatoms. The molecule has 488 valence electrons. The van der Waals surface area contributed by atoms with Gasteiger partial charge < -0.3 is 82.7 Å². The number of aryl methyl sites for hydroxylation is 1. The second kappa shape index (κ2) is 52.6. The number of unbranched alkanes of at least 4 members (excludes halogenated alkanes) is 2. The zero-order valence-electron chi connectivity index (χ0n) is 49.7. The van der Waals surface area contributed by atoms with Crippen molar-refractivity contribution >= 4 is 58.9 Å². The van der Waals surface area contributed by atoms with Crippen LogP contribution in [0.1, 0.15) is 67.8 Å². The number of carbonyl (C=O) groups is 5. The van der Waals surface area contributed by atoms with Crippen molar-refractivity contribution < 1.29 is 95.1 Å². The van der Waals surface area contributed by atoms with Crippen molar-refractivity contribution in [3.05, 3.63) is 99.5 Å². The zero-order valence-corrected chi connectivity index (χ0v) is 51.2. The second-order valence-corrected chi connectivity index (χ2v) is 19.9. The van der Waals surface area contributed by atoms with Crippen molar-refractivity contribution in [2.45, 2.75) is 57.4 Å². The zero-order chi connectivity index (χ0) is 62.5. The molecule has 87 heavy (non-hydrogen) atoms. The Morgan fingerprint density at radius 1 is 0.552 bits per heavy atom. The Bertz CT molecular complexity index is 2280. The smallest absolute Gasteiger partial charge is 0.305 e. The molecule has 3 aromatic rings. The van der Waals surface area contributed by atoms with Gasteiger partial charge >= 0.3 is 5.97 Å². The number of carboxylic acid groups (broad SMARTS) is 1. The molecule has 3 rings (SSSR count). The first-order chi connectivity index (χ1) is 42.5. The van der Waals surface area contributed by atoms with Crippen molar-refractivity contribution in [1.82, 2.24) is 20.9 Å². The lowest BCUT2D eigenvalue weighted by Gasteiger charge is -2.23. The third-order valence-electron chi connectivity index (χ3n) is 12.0. The molecule has 4 N–H and O–H groups in total. The van der Waals surface area contributed by atoms with Crippen molar-refractivity contribution in [2.24, 2.45) is 11.1 Å². The summed E-state index contributed by atoms with van der Waals surface area (Å²) < 4.78 is 79.0. The third-order valence-corrected chi connectivity index (χ3v) is 12.4. The van der Waals surface area contributed by atoms with E-state index in [4.69, 9.17) is 84.9 Å². The predicted molar refractivity (Wildman–Crippen MR) is 320 cm³/mol. The number of halogens is 3. The summed E-state index contributed by atoms with van der Waals surface area (Å²) in [7, 11) is 0. The summed E-state index contributed by atoms with van der Waals surface area (Å²) in [6.45, 7) is 9.21. The molecular weight excluding hydrogens is 1180 g/mol. The average Bonchev–Trinajstić information content (AvgIpc) is 3.64. The standard InChI is InChI=1S/C60H88Cl2FN5O19/c61-51-40-49(41-52(62)43-51)56(44-59(72)73)68-60(74)50(42-55(69)8-3-1-2-6-54-7-4-5-14-64-54)46-66-57(70)13-16-75-18-20-77-22-24-79-26-28-81-30-32-83-34-36-85-38-39-86-37-35-84-33-31-82-29-27-80-25-23-78-21-19-76-17-15-65-58(71)47-87-67-45-48-9-11-53(63)12-10-48/h4-5,7,9-12,14,40-41,43,45,50,56H,1-3,6,8,13,15-39,42,44,46-47H2,(H,65,71)(H,66,70)(H,68,74)(H,72,73)/b67-45+/i63-1. The van der Waals surface area contributed by atoms with Gasteiger partial charge in [0.1, 0.15) is 11.6 Å². The van der Waals surface area contributed by atoms with Crippen LogP contribution in [0.15, 0.2) is 72.0 Å². The molecule has 2 aromatic carbocycles. The molecule has 3 amide bonds. The van der Waals surface area contributed by atoms with Crippen molar-refractivity contribution in [1.29, 1.82) is 0 Å². The lowest BCUT2D eigenvalue weighted by Crippen LogP contribution is -2.42. The van der Waals surface area contributed by atoms with Gasteiger partial charge in [-0.25, -0.2) is 4.39 Å². The Morgan fingerprint density at radius 2 is 1.03 bits per heavy atom. The van der Waals surface area contributed by atoms with Gasteiger partial charge in [0.25, 0.3) is 5.91 Å². The van der Waals surface area contributed by atoms with Crippen LogP contribution in [0.3, 0.4) is 0 Å². The number of hydrogen-bond donors (Lipinski definition) is 4. The quantitative estimate of drug-likeness (QED) is 0.0312. The van der Waals surface area contributed by atoms with Gasteiger partial charge in [-0.2, -0.15) is 0 Å². The molecular formula is C60H88Cl2FN5O19. The Kier molecular flexibility index (Phi) is 45.9. The molecule has 0 fully saturated rings. The number of ketones is 1. The van der Waals surface area contributed by atoms with Gasteiger partial charge in [0.05, 0.1) is 183 Å². The molecule has 0 aliphatic carbocycles. The van der Waals surface area contributed by atoms with Crippen molar-refractivity contribution in [3.8, 4) is 0 Å². The third kappa shape index (κ3) is 43.9. The first-order valence-corrected chi connectivity index (χ1v) is 30.0. The van der Waals surface area contributed by atoms with Gasteiger partial charge in [-0.1, -0.05) is 53.0 Å². The van der Waals surface area contributed by atoms with E-state index in [2.05, 4.69) is 26.1 Å². The summed E-state index contributed by atoms with van der Waals surface area (Å²) in [5, 5.41) is 21.9. The van der Waals surface area contributed by atoms with Gasteiger partial charge in [-0.15, -0.1) is 0 Å². The summed E-state index contributed by atoms with van der Waals surface area (Å²) in [6, 6.07) is 15.0. The number of aromatic nitrogens is 1. The van der Waals surface area contributed by atoms with Gasteiger partial charge in [0.2, 0.25) is 11.8 Å². The van der Waals surface area contributed by atoms with E-state index in [0.717, 1.165) is 25.0 Å². The molecule has 2 atom stereocenters. The largest absolute Gasteiger partial charge is 0.481 e. The SMILES string of the molecule is O=C(O)CC(NC(=O)C(CNC(=O)CCOCCOCCOCCOCCOCCOCCOCCOCCOCCOCCOCCOCCNC(=O)CO/N=C/c1ccc([18F])cc1)CC(=O)CCCCCc1ccccn1)c1cc(Cl)cc(Cl)c1. The fourth-order valence-corrected chi connectivity index (χ4v) is 8.09. The van der Waals surface area contributed by atoms with Crippen LogP contribution >= 0.6 is 23.2 Å². The Balaban J connectivity index is 1.03. The van der Waals surface area contributed by atoms with E-state index in [1.807, 2.05) is 18.2 Å². The summed E-state index contributed by atoms with van der Waals surface area (Å²) in [6.07, 6.45) is 5.86. The highest BCUT2D eigenvalue weighted by atomic mass is 35.5. The van der Waals surface area contributed by atoms with E-state index in [1.54, 1.807) is 18.3 Å². The van der Waals surface area contributed by atoms with Gasteiger partial charge in [0.15, 0.2) is 6.61 Å². The predicted octanol–water partition coefficient (Wildman–Crippen LogP) is 5.41. The number of nitrogens with one attached hydrogen (secondary N) is 3. The molecule has 0 saturated heterocycles. The van der Waals surface area contributed by atoms with Crippen LogP contribution in [0.5, 0.6) is 0 Å². The van der Waals surface area contributed by atoms with E-state index in [1.165, 1.54) is 36.5 Å². The van der Waals surface area contributed by atoms with Crippen LogP contribution < -0.4 is 16.0 Å². The lowest BCUT2D eigenvalue weighted by atomic mass is 9.96. The first-order valence-electron chi connectivity index (χ1n) is 29.3. The number of rotatable bonds is 58. The first kappa shape index (κ1) is 75.9. The highest BCUT2D eigenvalue weighted by Gasteiger charge is 2.27. The Hall–Kier alpha value is -5.36. The van der Waals surface area contributed by atoms with Gasteiger partial charge in [-0.3, -0.25) is 29.0 Å². The number of amides is 3. The average molecular weight is 1270 g/mol. The summed E-state index contributed by atoms with van der Waals surface area (Å²) in [4.78, 5) is 72.3. The van der Waals surface area contributed by atoms with Gasteiger partial charge in [-0.05, 0) is 72.9 Å². The van der Waals surface area contributed by atoms with Gasteiger partial charge in [0, 0.05) is 54.3 Å². The van der Waals surface area contributed by atoms with Crippen molar-refractivity contribution in [3.63, 3.8) is 0 Å². The fraction of sp³-hybridized carbons (Fsp3) is 0.617. The number of carbonyl (C=O) groups excluding carboxylic acids is 4. The maximum Gasteiger partial charge on any atom is 0.305 e. The number of hydrogen-bond acceptors (Lipinski definition) is 20. The molecule has 1 aromatic heterocycles. The van der Waals surface area contributed by atoms with Crippen LogP contribution in [-0.4, -0.2) is 224 Å². The number of oxime groups is 1. The Labute approximate surface area is 519 Å². The molecule has 0 saturated carbocycles. The minimum absolute atomic E-state index is 0.00451. The van der Waals surface area contributed by atoms with E-state index in [0.29, 0.717) is 163 Å². The molecule has 0 radical (unpaired) electrons. The summed E-state index contributed by atoms with van der Waals surface area (Å²) in [5.74, 6) is -3.94. The number of ether oxygens (including phenoxy) is 12. The fourth-order valence-electron chi connectivity index (χ4n) is 7.55. The minimum atomic E-state index is -1.17. The highest BCUT2D eigenvalue weighted by Crippen LogP contribution is 2.26. The Morgan fingerprint density at radius 3 is 1.51 bits per heavy atom. The lowest BCUT2D eigenvalue weighted by molar-refractivity contribution is -0.138.